The second-order valence-corrected chi connectivity index (χ2v) is 4.44. The van der Waals surface area contributed by atoms with Gasteiger partial charge in [0.2, 0.25) is 11.8 Å². The molecule has 0 atom stereocenters. The second-order valence-electron chi connectivity index (χ2n) is 4.44. The van der Waals surface area contributed by atoms with Crippen molar-refractivity contribution in [1.82, 2.24) is 9.78 Å². The van der Waals surface area contributed by atoms with Crippen LogP contribution in [0.1, 0.15) is 27.7 Å². The summed E-state index contributed by atoms with van der Waals surface area (Å²) in [7, 11) is 1.41. The van der Waals surface area contributed by atoms with Gasteiger partial charge in [0.25, 0.3) is 5.95 Å². The first kappa shape index (κ1) is 12.5. The molecule has 0 bridgehead atoms. The summed E-state index contributed by atoms with van der Waals surface area (Å²) < 4.78 is 20.0. The molecule has 0 saturated heterocycles. The fourth-order valence-electron chi connectivity index (χ4n) is 1.30. The molecule has 0 fully saturated rings. The third-order valence-corrected chi connectivity index (χ3v) is 1.93. The number of methoxy groups -OCH3 is 1. The minimum absolute atomic E-state index is 0.0232. The van der Waals surface area contributed by atoms with Crippen molar-refractivity contribution in [3.8, 4) is 5.88 Å². The zero-order valence-corrected chi connectivity index (χ0v) is 10.1. The first-order valence-corrected chi connectivity index (χ1v) is 4.88. The molecular formula is C10H16FN3O2. The highest BCUT2D eigenvalue weighted by Crippen LogP contribution is 2.32. The highest BCUT2D eigenvalue weighted by Gasteiger charge is 2.26. The molecule has 0 aliphatic carbocycles. The van der Waals surface area contributed by atoms with E-state index in [1.807, 2.05) is 20.8 Å². The van der Waals surface area contributed by atoms with Crippen molar-refractivity contribution in [2.75, 3.05) is 12.4 Å². The molecule has 0 spiro atoms. The Hall–Kier alpha value is -1.59. The molecule has 1 amide bonds. The molecule has 0 radical (unpaired) electrons. The Balaban J connectivity index is 3.29. The molecule has 1 aromatic heterocycles. The van der Waals surface area contributed by atoms with E-state index in [1.165, 1.54) is 18.7 Å². The number of amides is 1. The van der Waals surface area contributed by atoms with E-state index in [1.54, 1.807) is 0 Å². The molecule has 5 nitrogen and oxygen atoms in total. The molecule has 1 heterocycles. The van der Waals surface area contributed by atoms with Crippen LogP contribution in [0.5, 0.6) is 5.88 Å². The maximum absolute atomic E-state index is 13.5. The summed E-state index contributed by atoms with van der Waals surface area (Å²) in [5.74, 6) is -0.909. The predicted octanol–water partition coefficient (Wildman–Crippen LogP) is 1.74. The average Bonchev–Trinajstić information content (AvgIpc) is 2.42. The molecule has 1 rings (SSSR count). The van der Waals surface area contributed by atoms with Gasteiger partial charge in [0.15, 0.2) is 5.69 Å². The zero-order chi connectivity index (χ0) is 12.5. The minimum atomic E-state index is -0.748. The lowest BCUT2D eigenvalue weighted by molar-refractivity contribution is -0.114. The van der Waals surface area contributed by atoms with E-state index in [0.717, 1.165) is 0 Å². The number of ether oxygens (including phenoxy) is 1. The number of aromatic nitrogens is 2. The van der Waals surface area contributed by atoms with Gasteiger partial charge in [0.05, 0.1) is 12.6 Å². The van der Waals surface area contributed by atoms with Crippen LogP contribution in [0.25, 0.3) is 0 Å². The van der Waals surface area contributed by atoms with Crippen molar-refractivity contribution >= 4 is 11.6 Å². The van der Waals surface area contributed by atoms with Crippen LogP contribution in [0.15, 0.2) is 0 Å². The van der Waals surface area contributed by atoms with Crippen molar-refractivity contribution in [3.63, 3.8) is 0 Å². The van der Waals surface area contributed by atoms with Crippen LogP contribution >= 0.6 is 0 Å². The summed E-state index contributed by atoms with van der Waals surface area (Å²) >= 11 is 0. The lowest BCUT2D eigenvalue weighted by Crippen LogP contribution is -2.24. The van der Waals surface area contributed by atoms with Crippen LogP contribution in [0.3, 0.4) is 0 Å². The lowest BCUT2D eigenvalue weighted by atomic mass is 10.1. The Morgan fingerprint density at radius 3 is 2.44 bits per heavy atom. The number of halogens is 1. The third kappa shape index (κ3) is 2.32. The summed E-state index contributed by atoms with van der Waals surface area (Å²) in [4.78, 5) is 10.9. The van der Waals surface area contributed by atoms with E-state index >= 15 is 0 Å². The molecule has 0 aromatic carbocycles. The largest absolute Gasteiger partial charge is 0.480 e. The summed E-state index contributed by atoms with van der Waals surface area (Å²) in [6.07, 6.45) is 0. The van der Waals surface area contributed by atoms with E-state index < -0.39 is 11.5 Å². The van der Waals surface area contributed by atoms with Crippen LogP contribution in [0, 0.1) is 5.95 Å². The molecule has 0 aliphatic heterocycles. The maximum atomic E-state index is 13.5. The SMILES string of the molecule is COc1c(NC(C)=O)c(F)nn1C(C)(C)C. The highest BCUT2D eigenvalue weighted by molar-refractivity contribution is 5.90. The number of anilines is 1. The van der Waals surface area contributed by atoms with Crippen molar-refractivity contribution in [2.45, 2.75) is 33.2 Å². The summed E-state index contributed by atoms with van der Waals surface area (Å²) in [5, 5.41) is 6.08. The number of nitrogens with one attached hydrogen (secondary N) is 1. The molecule has 16 heavy (non-hydrogen) atoms. The van der Waals surface area contributed by atoms with Gasteiger partial charge in [-0.1, -0.05) is 0 Å². The first-order valence-electron chi connectivity index (χ1n) is 4.88. The molecule has 90 valence electrons. The molecule has 1 N–H and O–H groups in total. The van der Waals surface area contributed by atoms with E-state index in [-0.39, 0.29) is 17.5 Å². The Morgan fingerprint density at radius 2 is 2.06 bits per heavy atom. The molecular weight excluding hydrogens is 213 g/mol. The average molecular weight is 229 g/mol. The van der Waals surface area contributed by atoms with Crippen LogP contribution in [-0.2, 0) is 10.3 Å². The molecule has 1 aromatic rings. The number of nitrogens with zero attached hydrogens (tertiary/aromatic N) is 2. The maximum Gasteiger partial charge on any atom is 0.260 e. The van der Waals surface area contributed by atoms with E-state index in [9.17, 15) is 9.18 Å². The Kier molecular flexibility index (Phi) is 3.21. The fraction of sp³-hybridized carbons (Fsp3) is 0.600. The zero-order valence-electron chi connectivity index (χ0n) is 10.1. The smallest absolute Gasteiger partial charge is 0.260 e. The fourth-order valence-corrected chi connectivity index (χ4v) is 1.30. The normalized spacial score (nSPS) is 11.4. The van der Waals surface area contributed by atoms with Gasteiger partial charge < -0.3 is 10.1 Å². The standard InChI is InChI=1S/C10H16FN3O2/c1-6(15)12-7-8(11)13-14(9(7)16-5)10(2,3)4/h1-5H3,(H,12,15). The van der Waals surface area contributed by atoms with E-state index in [2.05, 4.69) is 10.4 Å². The van der Waals surface area contributed by atoms with Gasteiger partial charge in [-0.15, -0.1) is 5.10 Å². The number of rotatable bonds is 2. The van der Waals surface area contributed by atoms with Gasteiger partial charge in [-0.3, -0.25) is 4.79 Å². The van der Waals surface area contributed by atoms with Gasteiger partial charge in [0, 0.05) is 6.92 Å². The first-order chi connectivity index (χ1) is 7.27. The Labute approximate surface area is 93.6 Å². The monoisotopic (exact) mass is 229 g/mol. The van der Waals surface area contributed by atoms with Crippen LogP contribution in [-0.4, -0.2) is 22.8 Å². The Morgan fingerprint density at radius 1 is 1.50 bits per heavy atom. The van der Waals surface area contributed by atoms with Gasteiger partial charge in [-0.25, -0.2) is 4.68 Å². The summed E-state index contributed by atoms with van der Waals surface area (Å²) in [6, 6.07) is 0. The highest BCUT2D eigenvalue weighted by atomic mass is 19.1. The van der Waals surface area contributed by atoms with Crippen LogP contribution in [0.4, 0.5) is 10.1 Å². The second kappa shape index (κ2) is 4.11. The number of carbonyl (C=O) groups is 1. The number of hydrogen-bond donors (Lipinski definition) is 1. The van der Waals surface area contributed by atoms with E-state index in [4.69, 9.17) is 4.74 Å². The summed E-state index contributed by atoms with van der Waals surface area (Å²) in [6.45, 7) is 6.88. The number of hydrogen-bond acceptors (Lipinski definition) is 3. The molecule has 0 saturated carbocycles. The molecule has 0 aliphatic rings. The van der Waals surface area contributed by atoms with Gasteiger partial charge in [-0.05, 0) is 20.8 Å². The van der Waals surface area contributed by atoms with Crippen molar-refractivity contribution in [1.29, 1.82) is 0 Å². The molecule has 0 unspecified atom stereocenters. The van der Waals surface area contributed by atoms with Crippen LogP contribution in [0.2, 0.25) is 0 Å². The Bertz CT molecular complexity index is 407. The van der Waals surface area contributed by atoms with Gasteiger partial charge in [-0.2, -0.15) is 4.39 Å². The number of carbonyl (C=O) groups excluding carboxylic acids is 1. The molecule has 6 heteroatoms. The van der Waals surface area contributed by atoms with Crippen molar-refractivity contribution in [3.05, 3.63) is 5.95 Å². The topological polar surface area (TPSA) is 56.1 Å². The predicted molar refractivity (Wildman–Crippen MR) is 58.0 cm³/mol. The quantitative estimate of drug-likeness (QED) is 0.840. The van der Waals surface area contributed by atoms with Gasteiger partial charge in [0.1, 0.15) is 0 Å². The third-order valence-electron chi connectivity index (χ3n) is 1.93. The summed E-state index contributed by atoms with van der Waals surface area (Å²) in [5.41, 5.74) is -0.451. The van der Waals surface area contributed by atoms with Crippen molar-refractivity contribution in [2.24, 2.45) is 0 Å². The van der Waals surface area contributed by atoms with E-state index in [0.29, 0.717) is 0 Å². The van der Waals surface area contributed by atoms with Crippen molar-refractivity contribution < 1.29 is 13.9 Å². The van der Waals surface area contributed by atoms with Crippen LogP contribution < -0.4 is 10.1 Å². The van der Waals surface area contributed by atoms with Gasteiger partial charge >= 0.3 is 0 Å². The lowest BCUT2D eigenvalue weighted by Gasteiger charge is -2.21. The minimum Gasteiger partial charge on any atom is -0.480 e.